The Hall–Kier alpha value is -3.79. The molecule has 0 aromatic heterocycles. The van der Waals surface area contributed by atoms with E-state index in [4.69, 9.17) is 0 Å². The van der Waals surface area contributed by atoms with Gasteiger partial charge in [0.25, 0.3) is 5.69 Å². The van der Waals surface area contributed by atoms with Crippen LogP contribution in [0.5, 0.6) is 0 Å². The number of carbonyl (C=O) groups is 3. The molecule has 2 amide bonds. The van der Waals surface area contributed by atoms with Gasteiger partial charge in [-0.05, 0) is 31.5 Å². The number of rotatable bonds is 8. The van der Waals surface area contributed by atoms with Gasteiger partial charge in [-0.15, -0.1) is 6.58 Å². The lowest BCUT2D eigenvalue weighted by Crippen LogP contribution is -2.33. The first-order valence-corrected chi connectivity index (χ1v) is 10.9. The van der Waals surface area contributed by atoms with Gasteiger partial charge in [-0.2, -0.15) is 0 Å². The Kier molecular flexibility index (Phi) is 7.39. The number of nitro groups is 1. The number of aliphatic imine (C=N–C) groups is 1. The second-order valence-corrected chi connectivity index (χ2v) is 8.53. The van der Waals surface area contributed by atoms with Crippen LogP contribution in [0.2, 0.25) is 0 Å². The van der Waals surface area contributed by atoms with Gasteiger partial charge in [0.05, 0.1) is 10.6 Å². The van der Waals surface area contributed by atoms with Crippen LogP contribution in [0.25, 0.3) is 0 Å². The van der Waals surface area contributed by atoms with Crippen molar-refractivity contribution in [3.63, 3.8) is 0 Å². The number of nitrogens with one attached hydrogen (secondary N) is 1. The third-order valence-electron chi connectivity index (χ3n) is 4.87. The van der Waals surface area contributed by atoms with Crippen molar-refractivity contribution in [1.82, 2.24) is 4.90 Å². The van der Waals surface area contributed by atoms with E-state index < -0.39 is 10.2 Å². The Morgan fingerprint density at radius 3 is 2.73 bits per heavy atom. The first-order chi connectivity index (χ1) is 15.7. The number of aryl methyl sites for hydroxylation is 1. The molecule has 0 spiro atoms. The van der Waals surface area contributed by atoms with Crippen LogP contribution in [0.4, 0.5) is 17.1 Å². The van der Waals surface area contributed by atoms with Crippen molar-refractivity contribution in [2.75, 3.05) is 11.9 Å². The zero-order valence-corrected chi connectivity index (χ0v) is 18.9. The Balaban J connectivity index is 1.80. The topological polar surface area (TPSA) is 122 Å². The number of hydrogen-bond acceptors (Lipinski definition) is 7. The SMILES string of the molecule is C=CCN1C(=O)C(CC(=O)Nc2cccc(C(C)=O)c2)SC1=Nc1cc([N+](=O)[O-])ccc1C. The third kappa shape index (κ3) is 5.72. The molecule has 33 heavy (non-hydrogen) atoms. The highest BCUT2D eigenvalue weighted by Crippen LogP contribution is 2.33. The fraction of sp³-hybridized carbons (Fsp3) is 0.217. The van der Waals surface area contributed by atoms with E-state index in [1.54, 1.807) is 43.3 Å². The zero-order chi connectivity index (χ0) is 24.1. The Labute approximate surface area is 194 Å². The molecule has 1 saturated heterocycles. The van der Waals surface area contributed by atoms with Gasteiger partial charge in [0.15, 0.2) is 11.0 Å². The number of non-ortho nitro benzene ring substituents is 1. The minimum absolute atomic E-state index is 0.103. The van der Waals surface area contributed by atoms with E-state index in [0.717, 1.165) is 11.8 Å². The summed E-state index contributed by atoms with van der Waals surface area (Å²) in [6.07, 6.45) is 1.44. The molecule has 0 bridgehead atoms. The van der Waals surface area contributed by atoms with Crippen molar-refractivity contribution in [2.45, 2.75) is 25.5 Å². The summed E-state index contributed by atoms with van der Waals surface area (Å²) >= 11 is 1.13. The Morgan fingerprint density at radius 1 is 1.30 bits per heavy atom. The maximum absolute atomic E-state index is 12.9. The van der Waals surface area contributed by atoms with Crippen molar-refractivity contribution in [1.29, 1.82) is 0 Å². The molecule has 1 aliphatic heterocycles. The highest BCUT2D eigenvalue weighted by Gasteiger charge is 2.38. The molecule has 1 aliphatic rings. The van der Waals surface area contributed by atoms with Crippen molar-refractivity contribution in [3.05, 3.63) is 76.4 Å². The minimum Gasteiger partial charge on any atom is -0.326 e. The third-order valence-corrected chi connectivity index (χ3v) is 6.05. The van der Waals surface area contributed by atoms with Crippen LogP contribution in [0.15, 0.2) is 60.1 Å². The number of ketones is 1. The zero-order valence-electron chi connectivity index (χ0n) is 18.1. The standard InChI is InChI=1S/C23H22N4O5S/c1-4-10-26-22(30)20(13-21(29)24-17-7-5-6-16(11-17)15(3)28)33-23(26)25-19-12-18(27(31)32)9-8-14(19)2/h4-9,11-12,20H,1,10,13H2,2-3H3,(H,24,29). The molecule has 10 heteroatoms. The normalized spacial score (nSPS) is 16.7. The summed E-state index contributed by atoms with van der Waals surface area (Å²) in [5.41, 5.74) is 1.92. The lowest BCUT2D eigenvalue weighted by Gasteiger charge is -2.14. The van der Waals surface area contributed by atoms with Gasteiger partial charge in [0, 0.05) is 36.3 Å². The van der Waals surface area contributed by atoms with Crippen molar-refractivity contribution in [3.8, 4) is 0 Å². The van der Waals surface area contributed by atoms with Gasteiger partial charge in [-0.25, -0.2) is 4.99 Å². The van der Waals surface area contributed by atoms with E-state index in [9.17, 15) is 24.5 Å². The van der Waals surface area contributed by atoms with Crippen LogP contribution in [0.3, 0.4) is 0 Å². The highest BCUT2D eigenvalue weighted by atomic mass is 32.2. The second-order valence-electron chi connectivity index (χ2n) is 7.36. The molecule has 2 aromatic rings. The summed E-state index contributed by atoms with van der Waals surface area (Å²) in [5, 5.41) is 13.5. The summed E-state index contributed by atoms with van der Waals surface area (Å²) in [4.78, 5) is 53.6. The van der Waals surface area contributed by atoms with E-state index in [-0.39, 0.29) is 36.3 Å². The molecule has 1 N–H and O–H groups in total. The summed E-state index contributed by atoms with van der Waals surface area (Å²) in [6, 6.07) is 10.9. The van der Waals surface area contributed by atoms with E-state index in [1.807, 2.05) is 0 Å². The van der Waals surface area contributed by atoms with Crippen molar-refractivity contribution in [2.24, 2.45) is 4.99 Å². The average Bonchev–Trinajstić information content (AvgIpc) is 3.04. The van der Waals surface area contributed by atoms with Crippen LogP contribution >= 0.6 is 11.8 Å². The molecule has 3 rings (SSSR count). The minimum atomic E-state index is -0.710. The maximum Gasteiger partial charge on any atom is 0.271 e. The number of thioether (sulfide) groups is 1. The molecule has 0 saturated carbocycles. The van der Waals surface area contributed by atoms with Gasteiger partial charge in [-0.3, -0.25) is 29.4 Å². The number of anilines is 1. The second kappa shape index (κ2) is 10.2. The van der Waals surface area contributed by atoms with Gasteiger partial charge < -0.3 is 5.32 Å². The van der Waals surface area contributed by atoms with Crippen LogP contribution in [0, 0.1) is 17.0 Å². The monoisotopic (exact) mass is 466 g/mol. The number of Topliss-reactive ketones (excluding diaryl/α,β-unsaturated/α-hetero) is 1. The van der Waals surface area contributed by atoms with Gasteiger partial charge in [0.2, 0.25) is 11.8 Å². The average molecular weight is 467 g/mol. The van der Waals surface area contributed by atoms with Crippen LogP contribution < -0.4 is 5.32 Å². The number of amides is 2. The number of amidine groups is 1. The van der Waals surface area contributed by atoms with Crippen molar-refractivity contribution < 1.29 is 19.3 Å². The van der Waals surface area contributed by atoms with E-state index in [2.05, 4.69) is 16.9 Å². The summed E-state index contributed by atoms with van der Waals surface area (Å²) in [5.74, 6) is -0.799. The summed E-state index contributed by atoms with van der Waals surface area (Å²) in [7, 11) is 0. The van der Waals surface area contributed by atoms with Crippen LogP contribution in [-0.4, -0.2) is 44.4 Å². The molecular formula is C23H22N4O5S. The Bertz CT molecular complexity index is 1180. The molecule has 0 radical (unpaired) electrons. The molecule has 0 aliphatic carbocycles. The molecule has 2 aromatic carbocycles. The molecule has 1 atom stereocenters. The molecule has 9 nitrogen and oxygen atoms in total. The fourth-order valence-corrected chi connectivity index (χ4v) is 4.31. The predicted molar refractivity (Wildman–Crippen MR) is 128 cm³/mol. The molecule has 170 valence electrons. The highest BCUT2D eigenvalue weighted by molar-refractivity contribution is 8.15. The molecule has 1 heterocycles. The lowest BCUT2D eigenvalue weighted by molar-refractivity contribution is -0.384. The van der Waals surface area contributed by atoms with E-state index in [0.29, 0.717) is 27.7 Å². The fourth-order valence-electron chi connectivity index (χ4n) is 3.15. The number of carbonyl (C=O) groups excluding carboxylic acids is 3. The smallest absolute Gasteiger partial charge is 0.271 e. The first-order valence-electron chi connectivity index (χ1n) is 10.0. The maximum atomic E-state index is 12.9. The number of nitrogens with zero attached hydrogens (tertiary/aromatic N) is 3. The Morgan fingerprint density at radius 2 is 2.06 bits per heavy atom. The molecule has 1 fully saturated rings. The largest absolute Gasteiger partial charge is 0.326 e. The predicted octanol–water partition coefficient (Wildman–Crippen LogP) is 4.25. The van der Waals surface area contributed by atoms with Gasteiger partial charge in [0.1, 0.15) is 5.25 Å². The quantitative estimate of drug-likeness (QED) is 0.269. The first kappa shape index (κ1) is 23.9. The number of nitro benzene ring substituents is 1. The van der Waals surface area contributed by atoms with Crippen molar-refractivity contribution >= 4 is 51.6 Å². The lowest BCUT2D eigenvalue weighted by atomic mass is 10.1. The summed E-state index contributed by atoms with van der Waals surface area (Å²) < 4.78 is 0. The van der Waals surface area contributed by atoms with Gasteiger partial charge >= 0.3 is 0 Å². The van der Waals surface area contributed by atoms with E-state index >= 15 is 0 Å². The van der Waals surface area contributed by atoms with Gasteiger partial charge in [-0.1, -0.05) is 36.0 Å². The summed E-state index contributed by atoms with van der Waals surface area (Å²) in [6.45, 7) is 7.06. The van der Waals surface area contributed by atoms with Crippen LogP contribution in [-0.2, 0) is 9.59 Å². The van der Waals surface area contributed by atoms with Crippen LogP contribution in [0.1, 0.15) is 29.3 Å². The number of hydrogen-bond donors (Lipinski definition) is 1. The molecular weight excluding hydrogens is 444 g/mol. The number of benzene rings is 2. The molecule has 1 unspecified atom stereocenters. The van der Waals surface area contributed by atoms with E-state index in [1.165, 1.54) is 24.0 Å².